The van der Waals surface area contributed by atoms with Crippen LogP contribution in [0.1, 0.15) is 31.2 Å². The van der Waals surface area contributed by atoms with E-state index < -0.39 is 5.41 Å². The van der Waals surface area contributed by atoms with Crippen LogP contribution in [0.2, 0.25) is 0 Å². The Kier molecular flexibility index (Phi) is 5.14. The van der Waals surface area contributed by atoms with E-state index in [1.54, 1.807) is 0 Å². The summed E-state index contributed by atoms with van der Waals surface area (Å²) in [4.78, 5) is 20.9. The average molecular weight is 419 g/mol. The van der Waals surface area contributed by atoms with Gasteiger partial charge in [-0.2, -0.15) is 0 Å². The van der Waals surface area contributed by atoms with Crippen molar-refractivity contribution in [1.29, 1.82) is 0 Å². The Hall–Kier alpha value is -1.66. The maximum absolute atomic E-state index is 13.2. The van der Waals surface area contributed by atoms with E-state index in [2.05, 4.69) is 39.3 Å². The van der Waals surface area contributed by atoms with Crippen LogP contribution < -0.4 is 0 Å². The highest BCUT2D eigenvalue weighted by Crippen LogP contribution is 2.40. The minimum atomic E-state index is -0.392. The second-order valence-electron chi connectivity index (χ2n) is 7.26. The van der Waals surface area contributed by atoms with Crippen molar-refractivity contribution in [2.75, 3.05) is 26.3 Å². The van der Waals surface area contributed by atoms with E-state index >= 15 is 0 Å². The molecule has 1 aromatic rings. The first-order valence-electron chi connectivity index (χ1n) is 9.17. The number of carbonyl (C=O) groups excluding carboxylic acids is 1. The first-order chi connectivity index (χ1) is 12.7. The summed E-state index contributed by atoms with van der Waals surface area (Å²) in [6.07, 6.45) is 7.03. The van der Waals surface area contributed by atoms with Gasteiger partial charge in [-0.05, 0) is 25.0 Å². The number of rotatable bonds is 4. The average Bonchev–Trinajstić information content (AvgIpc) is 3.34. The molecule has 0 unspecified atom stereocenters. The van der Waals surface area contributed by atoms with Gasteiger partial charge in [0.2, 0.25) is 5.91 Å². The van der Waals surface area contributed by atoms with Crippen LogP contribution in [-0.2, 0) is 14.4 Å². The molecule has 3 heterocycles. The maximum atomic E-state index is 13.2. The van der Waals surface area contributed by atoms with E-state index in [1.807, 2.05) is 23.1 Å². The van der Waals surface area contributed by atoms with Crippen molar-refractivity contribution in [3.63, 3.8) is 0 Å². The van der Waals surface area contributed by atoms with Crippen LogP contribution in [0.3, 0.4) is 0 Å². The van der Waals surface area contributed by atoms with Crippen LogP contribution in [0.4, 0.5) is 0 Å². The SMILES string of the molecule is O=C(N1CC=CC1)C1(C[C@H]2CC(c3cccc(Br)c3)=NO2)CCOCC1. The highest BCUT2D eigenvalue weighted by atomic mass is 79.9. The Morgan fingerprint density at radius 1 is 1.27 bits per heavy atom. The van der Waals surface area contributed by atoms with Crippen LogP contribution in [0.25, 0.3) is 0 Å². The van der Waals surface area contributed by atoms with E-state index in [1.165, 1.54) is 0 Å². The Morgan fingerprint density at radius 2 is 2.04 bits per heavy atom. The van der Waals surface area contributed by atoms with Crippen molar-refractivity contribution in [3.05, 3.63) is 46.5 Å². The molecule has 1 fully saturated rings. The third kappa shape index (κ3) is 3.58. The molecule has 4 rings (SSSR count). The summed E-state index contributed by atoms with van der Waals surface area (Å²) in [5.41, 5.74) is 1.63. The molecule has 26 heavy (non-hydrogen) atoms. The Morgan fingerprint density at radius 3 is 2.77 bits per heavy atom. The summed E-state index contributed by atoms with van der Waals surface area (Å²) in [6, 6.07) is 8.09. The lowest BCUT2D eigenvalue weighted by Crippen LogP contribution is -2.47. The predicted molar refractivity (Wildman–Crippen MR) is 103 cm³/mol. The third-order valence-electron chi connectivity index (χ3n) is 5.52. The van der Waals surface area contributed by atoms with Crippen molar-refractivity contribution >= 4 is 27.5 Å². The van der Waals surface area contributed by atoms with Gasteiger partial charge in [0.1, 0.15) is 6.10 Å². The number of oxime groups is 1. The lowest BCUT2D eigenvalue weighted by Gasteiger charge is -2.39. The highest BCUT2D eigenvalue weighted by molar-refractivity contribution is 9.10. The maximum Gasteiger partial charge on any atom is 0.229 e. The monoisotopic (exact) mass is 418 g/mol. The molecule has 0 bridgehead atoms. The molecule has 1 atom stereocenters. The number of benzene rings is 1. The van der Waals surface area contributed by atoms with Gasteiger partial charge >= 0.3 is 0 Å². The number of hydrogen-bond acceptors (Lipinski definition) is 4. The molecule has 1 saturated heterocycles. The second kappa shape index (κ2) is 7.53. The molecule has 1 aromatic carbocycles. The molecule has 0 spiro atoms. The van der Waals surface area contributed by atoms with Gasteiger partial charge in [-0.15, -0.1) is 0 Å². The zero-order valence-corrected chi connectivity index (χ0v) is 16.3. The molecular weight excluding hydrogens is 396 g/mol. The Bertz CT molecular complexity index is 732. The lowest BCUT2D eigenvalue weighted by molar-refractivity contribution is -0.150. The quantitative estimate of drug-likeness (QED) is 0.702. The predicted octanol–water partition coefficient (Wildman–Crippen LogP) is 3.53. The van der Waals surface area contributed by atoms with Gasteiger partial charge in [0.15, 0.2) is 0 Å². The zero-order valence-electron chi connectivity index (χ0n) is 14.7. The van der Waals surface area contributed by atoms with Crippen LogP contribution in [-0.4, -0.2) is 48.9 Å². The smallest absolute Gasteiger partial charge is 0.229 e. The molecule has 0 aromatic heterocycles. The molecule has 3 aliphatic rings. The Labute approximate surface area is 162 Å². The van der Waals surface area contributed by atoms with Crippen LogP contribution in [0, 0.1) is 5.41 Å². The molecule has 0 radical (unpaired) electrons. The number of amides is 1. The molecule has 5 nitrogen and oxygen atoms in total. The van der Waals surface area contributed by atoms with Crippen LogP contribution in [0.15, 0.2) is 46.0 Å². The molecule has 3 aliphatic heterocycles. The fourth-order valence-corrected chi connectivity index (χ4v) is 4.46. The van der Waals surface area contributed by atoms with Gasteiger partial charge in [-0.25, -0.2) is 0 Å². The standard InChI is InChI=1S/C20H23BrN2O3/c21-16-5-3-4-15(12-16)18-13-17(26-22-18)14-20(6-10-25-11-7-20)19(24)23-8-1-2-9-23/h1-5,12,17H,6-11,13-14H2/t17-/m1/s1. The first-order valence-corrected chi connectivity index (χ1v) is 9.96. The van der Waals surface area contributed by atoms with Gasteiger partial charge in [0, 0.05) is 49.2 Å². The second-order valence-corrected chi connectivity index (χ2v) is 8.17. The van der Waals surface area contributed by atoms with Crippen molar-refractivity contribution in [2.24, 2.45) is 10.6 Å². The summed E-state index contributed by atoms with van der Waals surface area (Å²) < 4.78 is 6.57. The number of carbonyl (C=O) groups is 1. The topological polar surface area (TPSA) is 51.1 Å². The van der Waals surface area contributed by atoms with Gasteiger partial charge in [-0.3, -0.25) is 4.79 Å². The van der Waals surface area contributed by atoms with Crippen molar-refractivity contribution in [2.45, 2.75) is 31.8 Å². The summed E-state index contributed by atoms with van der Waals surface area (Å²) in [5.74, 6) is 0.241. The van der Waals surface area contributed by atoms with Gasteiger partial charge in [-0.1, -0.05) is 45.4 Å². The van der Waals surface area contributed by atoms with Crippen LogP contribution >= 0.6 is 15.9 Å². The number of ether oxygens (including phenoxy) is 1. The minimum absolute atomic E-state index is 0.0541. The van der Waals surface area contributed by atoms with Crippen molar-refractivity contribution in [3.8, 4) is 0 Å². The molecular formula is C20H23BrN2O3. The summed E-state index contributed by atoms with van der Waals surface area (Å²) in [6.45, 7) is 2.71. The van der Waals surface area contributed by atoms with E-state index in [9.17, 15) is 4.79 Å². The molecule has 0 saturated carbocycles. The van der Waals surface area contributed by atoms with E-state index in [-0.39, 0.29) is 12.0 Å². The van der Waals surface area contributed by atoms with Gasteiger partial charge in [0.05, 0.1) is 11.1 Å². The normalized spacial score (nSPS) is 24.4. The number of hydrogen-bond donors (Lipinski definition) is 0. The lowest BCUT2D eigenvalue weighted by atomic mass is 9.73. The molecule has 0 aliphatic carbocycles. The first kappa shape index (κ1) is 17.7. The Balaban J connectivity index is 1.46. The minimum Gasteiger partial charge on any atom is -0.392 e. The van der Waals surface area contributed by atoms with E-state index in [4.69, 9.17) is 9.57 Å². The van der Waals surface area contributed by atoms with Crippen molar-refractivity contribution < 1.29 is 14.4 Å². The summed E-state index contributed by atoms with van der Waals surface area (Å²) in [5, 5.41) is 4.31. The molecule has 138 valence electrons. The highest BCUT2D eigenvalue weighted by Gasteiger charge is 2.45. The van der Waals surface area contributed by atoms with E-state index in [0.29, 0.717) is 32.7 Å². The largest absolute Gasteiger partial charge is 0.392 e. The fraction of sp³-hybridized carbons (Fsp3) is 0.500. The number of nitrogens with zero attached hydrogens (tertiary/aromatic N) is 2. The summed E-state index contributed by atoms with van der Waals surface area (Å²) >= 11 is 3.50. The van der Waals surface area contributed by atoms with Crippen molar-refractivity contribution in [1.82, 2.24) is 4.90 Å². The number of halogens is 1. The van der Waals surface area contributed by atoms with Gasteiger partial charge < -0.3 is 14.5 Å². The molecule has 6 heteroatoms. The summed E-state index contributed by atoms with van der Waals surface area (Å²) in [7, 11) is 0. The third-order valence-corrected chi connectivity index (χ3v) is 6.01. The van der Waals surface area contributed by atoms with E-state index in [0.717, 1.165) is 35.0 Å². The van der Waals surface area contributed by atoms with Crippen LogP contribution in [0.5, 0.6) is 0 Å². The fourth-order valence-electron chi connectivity index (χ4n) is 4.06. The zero-order chi connectivity index (χ0) is 18.0. The molecule has 1 amide bonds. The molecule has 0 N–H and O–H groups in total. The van der Waals surface area contributed by atoms with Gasteiger partial charge in [0.25, 0.3) is 0 Å².